The molecule has 1 rings (SSSR count). The van der Waals surface area contributed by atoms with Crippen LogP contribution in [0.25, 0.3) is 6.08 Å². The summed E-state index contributed by atoms with van der Waals surface area (Å²) in [7, 11) is 0. The van der Waals surface area contributed by atoms with Crippen molar-refractivity contribution in [1.29, 1.82) is 5.26 Å². The Morgan fingerprint density at radius 3 is 3.17 bits per heavy atom. The molecule has 12 heavy (non-hydrogen) atoms. The summed E-state index contributed by atoms with van der Waals surface area (Å²) in [6.45, 7) is 0. The van der Waals surface area contributed by atoms with Crippen molar-refractivity contribution in [2.45, 2.75) is 0 Å². The van der Waals surface area contributed by atoms with Crippen molar-refractivity contribution in [3.63, 3.8) is 0 Å². The first-order valence-electron chi connectivity index (χ1n) is 3.45. The lowest BCUT2D eigenvalue weighted by molar-refractivity contribution is 1.28. The minimum absolute atomic E-state index is 0.638. The second kappa shape index (κ2) is 4.68. The third kappa shape index (κ3) is 2.48. The fraction of sp³-hybridized carbons (Fsp3) is 0.111. The molecule has 0 spiro atoms. The van der Waals surface area contributed by atoms with E-state index in [4.69, 9.17) is 5.26 Å². The molecule has 0 saturated carbocycles. The number of aromatic nitrogens is 1. The monoisotopic (exact) mass is 222 g/mol. The van der Waals surface area contributed by atoms with Crippen LogP contribution < -0.4 is 0 Å². The molecule has 0 aliphatic heterocycles. The summed E-state index contributed by atoms with van der Waals surface area (Å²) in [5.74, 6) is 0. The molecule has 0 radical (unpaired) electrons. The van der Waals surface area contributed by atoms with Gasteiger partial charge in [0.25, 0.3) is 0 Å². The van der Waals surface area contributed by atoms with Gasteiger partial charge < -0.3 is 0 Å². The number of hydrogen-bond donors (Lipinski definition) is 0. The van der Waals surface area contributed by atoms with E-state index >= 15 is 0 Å². The quantitative estimate of drug-likeness (QED) is 0.721. The topological polar surface area (TPSA) is 36.7 Å². The van der Waals surface area contributed by atoms with E-state index in [-0.39, 0.29) is 0 Å². The van der Waals surface area contributed by atoms with Crippen LogP contribution in [0.15, 0.2) is 24.4 Å². The Balaban J connectivity index is 2.88. The van der Waals surface area contributed by atoms with Gasteiger partial charge in [0.05, 0.1) is 17.3 Å². The summed E-state index contributed by atoms with van der Waals surface area (Å²) >= 11 is 3.26. The van der Waals surface area contributed by atoms with Crippen LogP contribution in [0.3, 0.4) is 0 Å². The molecule has 0 fully saturated rings. The molecular weight excluding hydrogens is 216 g/mol. The highest BCUT2D eigenvalue weighted by Crippen LogP contribution is 2.02. The minimum atomic E-state index is 0.638. The van der Waals surface area contributed by atoms with Crippen LogP contribution in [-0.4, -0.2) is 10.3 Å². The van der Waals surface area contributed by atoms with E-state index < -0.39 is 0 Å². The average molecular weight is 223 g/mol. The van der Waals surface area contributed by atoms with Crippen LogP contribution in [-0.2, 0) is 0 Å². The van der Waals surface area contributed by atoms with Gasteiger partial charge in [0.2, 0.25) is 0 Å². The van der Waals surface area contributed by atoms with Crippen LogP contribution in [0, 0.1) is 11.3 Å². The highest BCUT2D eigenvalue weighted by molar-refractivity contribution is 9.09. The zero-order chi connectivity index (χ0) is 8.81. The maximum absolute atomic E-state index is 8.58. The van der Waals surface area contributed by atoms with Gasteiger partial charge in [-0.15, -0.1) is 0 Å². The second-order valence-corrected chi connectivity index (χ2v) is 2.79. The van der Waals surface area contributed by atoms with E-state index in [1.165, 1.54) is 0 Å². The molecule has 0 aromatic carbocycles. The van der Waals surface area contributed by atoms with E-state index in [9.17, 15) is 0 Å². The van der Waals surface area contributed by atoms with Gasteiger partial charge in [-0.1, -0.05) is 22.0 Å². The van der Waals surface area contributed by atoms with Crippen molar-refractivity contribution in [3.05, 3.63) is 35.7 Å². The van der Waals surface area contributed by atoms with Gasteiger partial charge in [0.15, 0.2) is 0 Å². The molecule has 0 aliphatic rings. The van der Waals surface area contributed by atoms with Crippen molar-refractivity contribution in [2.24, 2.45) is 0 Å². The Hall–Kier alpha value is -1.14. The summed E-state index contributed by atoms with van der Waals surface area (Å²) in [6.07, 6.45) is 5.44. The summed E-state index contributed by atoms with van der Waals surface area (Å²) in [5, 5.41) is 9.37. The van der Waals surface area contributed by atoms with Gasteiger partial charge in [0, 0.05) is 11.5 Å². The Bertz CT molecular complexity index is 326. The standard InChI is InChI=1S/C9H7BrN2/c10-4-1-2-9-6-8(7-11)3-5-12-9/h1-3,5-6H,4H2. The van der Waals surface area contributed by atoms with E-state index in [0.717, 1.165) is 11.0 Å². The lowest BCUT2D eigenvalue weighted by Gasteiger charge is -1.91. The van der Waals surface area contributed by atoms with Crippen LogP contribution in [0.2, 0.25) is 0 Å². The van der Waals surface area contributed by atoms with Gasteiger partial charge in [-0.05, 0) is 18.2 Å². The molecule has 0 N–H and O–H groups in total. The predicted octanol–water partition coefficient (Wildman–Crippen LogP) is 2.36. The fourth-order valence-electron chi connectivity index (χ4n) is 0.774. The van der Waals surface area contributed by atoms with Gasteiger partial charge in [0.1, 0.15) is 0 Å². The predicted molar refractivity (Wildman–Crippen MR) is 51.8 cm³/mol. The molecule has 2 nitrogen and oxygen atoms in total. The summed E-state index contributed by atoms with van der Waals surface area (Å²) < 4.78 is 0. The zero-order valence-corrected chi connectivity index (χ0v) is 7.95. The van der Waals surface area contributed by atoms with Crippen LogP contribution in [0.5, 0.6) is 0 Å². The molecule has 60 valence electrons. The fourth-order valence-corrected chi connectivity index (χ4v) is 0.961. The minimum Gasteiger partial charge on any atom is -0.257 e. The van der Waals surface area contributed by atoms with E-state index in [1.54, 1.807) is 18.3 Å². The lowest BCUT2D eigenvalue weighted by Crippen LogP contribution is -1.81. The molecule has 0 amide bonds. The van der Waals surface area contributed by atoms with E-state index in [0.29, 0.717) is 5.56 Å². The van der Waals surface area contributed by atoms with Crippen molar-refractivity contribution in [2.75, 3.05) is 5.33 Å². The molecule has 1 heterocycles. The third-order valence-corrected chi connectivity index (χ3v) is 1.66. The van der Waals surface area contributed by atoms with E-state index in [1.807, 2.05) is 12.2 Å². The first-order chi connectivity index (χ1) is 5.86. The lowest BCUT2D eigenvalue weighted by atomic mass is 10.2. The Morgan fingerprint density at radius 2 is 2.50 bits per heavy atom. The molecule has 1 aromatic rings. The normalized spacial score (nSPS) is 10.0. The number of hydrogen-bond acceptors (Lipinski definition) is 2. The summed E-state index contributed by atoms with van der Waals surface area (Å²) in [6, 6.07) is 5.49. The van der Waals surface area contributed by atoms with Gasteiger partial charge >= 0.3 is 0 Å². The Morgan fingerprint density at radius 1 is 1.67 bits per heavy atom. The van der Waals surface area contributed by atoms with Crippen molar-refractivity contribution >= 4 is 22.0 Å². The smallest absolute Gasteiger partial charge is 0.0992 e. The molecule has 0 bridgehead atoms. The largest absolute Gasteiger partial charge is 0.257 e. The number of allylic oxidation sites excluding steroid dienone is 1. The number of nitriles is 1. The van der Waals surface area contributed by atoms with E-state index in [2.05, 4.69) is 27.0 Å². The summed E-state index contributed by atoms with van der Waals surface area (Å²) in [5.41, 5.74) is 1.45. The SMILES string of the molecule is N#Cc1ccnc(C=CCBr)c1. The maximum Gasteiger partial charge on any atom is 0.0992 e. The number of nitrogens with zero attached hydrogens (tertiary/aromatic N) is 2. The molecule has 0 atom stereocenters. The molecule has 0 unspecified atom stereocenters. The number of alkyl halides is 1. The molecule has 3 heteroatoms. The highest BCUT2D eigenvalue weighted by atomic mass is 79.9. The molecule has 0 saturated heterocycles. The highest BCUT2D eigenvalue weighted by Gasteiger charge is 1.90. The van der Waals surface area contributed by atoms with Gasteiger partial charge in [-0.3, -0.25) is 4.98 Å². The zero-order valence-electron chi connectivity index (χ0n) is 6.37. The van der Waals surface area contributed by atoms with Crippen LogP contribution >= 0.6 is 15.9 Å². The second-order valence-electron chi connectivity index (χ2n) is 2.14. The number of pyridine rings is 1. The van der Waals surface area contributed by atoms with Gasteiger partial charge in [-0.2, -0.15) is 5.26 Å². The third-order valence-electron chi connectivity index (χ3n) is 1.29. The first-order valence-corrected chi connectivity index (χ1v) is 4.57. The Kier molecular flexibility index (Phi) is 3.49. The molecule has 1 aromatic heterocycles. The first kappa shape index (κ1) is 8.95. The number of rotatable bonds is 2. The van der Waals surface area contributed by atoms with Crippen molar-refractivity contribution in [3.8, 4) is 6.07 Å². The molecular formula is C9H7BrN2. The Labute approximate surface area is 79.7 Å². The summed E-state index contributed by atoms with van der Waals surface area (Å²) in [4.78, 5) is 4.07. The average Bonchev–Trinajstić information content (AvgIpc) is 2.15. The van der Waals surface area contributed by atoms with Gasteiger partial charge in [-0.25, -0.2) is 0 Å². The maximum atomic E-state index is 8.58. The van der Waals surface area contributed by atoms with Crippen LogP contribution in [0.4, 0.5) is 0 Å². The number of halogens is 1. The van der Waals surface area contributed by atoms with Crippen molar-refractivity contribution in [1.82, 2.24) is 4.98 Å². The van der Waals surface area contributed by atoms with Crippen molar-refractivity contribution < 1.29 is 0 Å². The van der Waals surface area contributed by atoms with Crippen LogP contribution in [0.1, 0.15) is 11.3 Å². The molecule has 0 aliphatic carbocycles.